The molecule has 0 aliphatic carbocycles. The number of guanidine groups is 1. The van der Waals surface area contributed by atoms with Crippen LogP contribution in [0.15, 0.2) is 48.0 Å². The number of halogens is 1. The molecular formula is C18H27IN4. The Balaban J connectivity index is 0.00000264. The van der Waals surface area contributed by atoms with E-state index < -0.39 is 0 Å². The number of unbranched alkanes of at least 4 members (excludes halogenated alkanes) is 1. The van der Waals surface area contributed by atoms with Gasteiger partial charge < -0.3 is 15.2 Å². The van der Waals surface area contributed by atoms with Gasteiger partial charge in [0.2, 0.25) is 0 Å². The first-order valence-corrected chi connectivity index (χ1v) is 7.91. The van der Waals surface area contributed by atoms with Crippen LogP contribution in [0.1, 0.15) is 25.5 Å². The fourth-order valence-electron chi connectivity index (χ4n) is 2.43. The highest BCUT2D eigenvalue weighted by atomic mass is 127. The second-order valence-corrected chi connectivity index (χ2v) is 5.40. The first-order valence-electron chi connectivity index (χ1n) is 7.91. The Morgan fingerprint density at radius 3 is 2.87 bits per heavy atom. The summed E-state index contributed by atoms with van der Waals surface area (Å²) < 4.78 is 0. The Labute approximate surface area is 156 Å². The zero-order chi connectivity index (χ0) is 15.8. The number of aliphatic imine (C=N–C) groups is 1. The SMILES string of the molecule is C=CCCCN(C)C(=NCc1cc2ccccc2[nH]1)NCC.I. The molecule has 2 aromatic rings. The maximum atomic E-state index is 4.73. The molecule has 1 aromatic heterocycles. The highest BCUT2D eigenvalue weighted by Crippen LogP contribution is 2.15. The van der Waals surface area contributed by atoms with E-state index in [1.54, 1.807) is 0 Å². The molecule has 0 unspecified atom stereocenters. The summed E-state index contributed by atoms with van der Waals surface area (Å²) in [6.07, 6.45) is 4.09. The molecule has 0 atom stereocenters. The van der Waals surface area contributed by atoms with Crippen LogP contribution in [0.3, 0.4) is 0 Å². The van der Waals surface area contributed by atoms with Crippen molar-refractivity contribution in [2.45, 2.75) is 26.3 Å². The fourth-order valence-corrected chi connectivity index (χ4v) is 2.43. The molecule has 2 rings (SSSR count). The molecule has 1 heterocycles. The highest BCUT2D eigenvalue weighted by Gasteiger charge is 2.05. The van der Waals surface area contributed by atoms with Gasteiger partial charge >= 0.3 is 0 Å². The number of hydrogen-bond donors (Lipinski definition) is 2. The third-order valence-corrected chi connectivity index (χ3v) is 3.58. The first kappa shape index (κ1) is 19.5. The van der Waals surface area contributed by atoms with Gasteiger partial charge in [-0.1, -0.05) is 24.3 Å². The summed E-state index contributed by atoms with van der Waals surface area (Å²) in [6.45, 7) is 8.36. The number of aromatic amines is 1. The van der Waals surface area contributed by atoms with Crippen LogP contribution >= 0.6 is 24.0 Å². The van der Waals surface area contributed by atoms with E-state index in [0.717, 1.165) is 43.1 Å². The van der Waals surface area contributed by atoms with E-state index in [-0.39, 0.29) is 24.0 Å². The van der Waals surface area contributed by atoms with Gasteiger partial charge in [0.05, 0.1) is 6.54 Å². The number of nitrogens with zero attached hydrogens (tertiary/aromatic N) is 2. The van der Waals surface area contributed by atoms with Gasteiger partial charge in [0, 0.05) is 31.3 Å². The van der Waals surface area contributed by atoms with Gasteiger partial charge in [-0.25, -0.2) is 4.99 Å². The minimum atomic E-state index is 0. The number of para-hydroxylation sites is 1. The molecule has 23 heavy (non-hydrogen) atoms. The first-order chi connectivity index (χ1) is 10.7. The molecule has 4 nitrogen and oxygen atoms in total. The molecule has 0 fully saturated rings. The number of allylic oxidation sites excluding steroid dienone is 1. The van der Waals surface area contributed by atoms with Gasteiger partial charge in [-0.05, 0) is 37.3 Å². The summed E-state index contributed by atoms with van der Waals surface area (Å²) in [5, 5.41) is 4.58. The summed E-state index contributed by atoms with van der Waals surface area (Å²) in [7, 11) is 2.08. The number of hydrogen-bond acceptors (Lipinski definition) is 1. The van der Waals surface area contributed by atoms with E-state index in [2.05, 4.69) is 60.0 Å². The van der Waals surface area contributed by atoms with Gasteiger partial charge in [0.25, 0.3) is 0 Å². The van der Waals surface area contributed by atoms with E-state index in [9.17, 15) is 0 Å². The van der Waals surface area contributed by atoms with Crippen molar-refractivity contribution in [2.75, 3.05) is 20.1 Å². The Bertz CT molecular complexity index is 600. The third-order valence-electron chi connectivity index (χ3n) is 3.58. The Hall–Kier alpha value is -1.50. The largest absolute Gasteiger partial charge is 0.357 e. The molecular weight excluding hydrogens is 399 g/mol. The number of rotatable bonds is 7. The third kappa shape index (κ3) is 5.89. The van der Waals surface area contributed by atoms with Crippen molar-refractivity contribution in [1.82, 2.24) is 15.2 Å². The summed E-state index contributed by atoms with van der Waals surface area (Å²) in [5.74, 6) is 0.949. The molecule has 126 valence electrons. The molecule has 0 spiro atoms. The maximum absolute atomic E-state index is 4.73. The second-order valence-electron chi connectivity index (χ2n) is 5.40. The lowest BCUT2D eigenvalue weighted by molar-refractivity contribution is 0.470. The number of benzene rings is 1. The minimum Gasteiger partial charge on any atom is -0.357 e. The van der Waals surface area contributed by atoms with Crippen LogP contribution in [0.4, 0.5) is 0 Å². The van der Waals surface area contributed by atoms with Gasteiger partial charge in [0.1, 0.15) is 0 Å². The molecule has 0 bridgehead atoms. The Morgan fingerprint density at radius 1 is 1.39 bits per heavy atom. The van der Waals surface area contributed by atoms with E-state index in [1.807, 2.05) is 12.1 Å². The number of nitrogens with one attached hydrogen (secondary N) is 2. The van der Waals surface area contributed by atoms with Crippen molar-refractivity contribution in [3.63, 3.8) is 0 Å². The van der Waals surface area contributed by atoms with E-state index in [0.29, 0.717) is 6.54 Å². The maximum Gasteiger partial charge on any atom is 0.194 e. The van der Waals surface area contributed by atoms with Gasteiger partial charge in [-0.2, -0.15) is 0 Å². The van der Waals surface area contributed by atoms with Crippen molar-refractivity contribution in [2.24, 2.45) is 4.99 Å². The van der Waals surface area contributed by atoms with Crippen molar-refractivity contribution in [3.05, 3.63) is 48.7 Å². The molecule has 5 heteroatoms. The van der Waals surface area contributed by atoms with E-state index >= 15 is 0 Å². The average molecular weight is 426 g/mol. The van der Waals surface area contributed by atoms with Crippen molar-refractivity contribution < 1.29 is 0 Å². The molecule has 0 saturated carbocycles. The second kappa shape index (κ2) is 10.3. The van der Waals surface area contributed by atoms with Crippen LogP contribution in [0.25, 0.3) is 10.9 Å². The lowest BCUT2D eigenvalue weighted by Crippen LogP contribution is -2.39. The zero-order valence-corrected chi connectivity index (χ0v) is 16.3. The molecule has 0 aliphatic heterocycles. The number of H-pyrrole nitrogens is 1. The van der Waals surface area contributed by atoms with Crippen LogP contribution < -0.4 is 5.32 Å². The predicted octanol–water partition coefficient (Wildman–Crippen LogP) is 4.15. The number of fused-ring (bicyclic) bond motifs is 1. The van der Waals surface area contributed by atoms with Crippen molar-refractivity contribution >= 4 is 40.8 Å². The van der Waals surface area contributed by atoms with Gasteiger partial charge in [-0.15, -0.1) is 30.6 Å². The summed E-state index contributed by atoms with van der Waals surface area (Å²) >= 11 is 0. The van der Waals surface area contributed by atoms with Crippen molar-refractivity contribution in [1.29, 1.82) is 0 Å². The molecule has 0 aliphatic rings. The van der Waals surface area contributed by atoms with E-state index in [1.165, 1.54) is 5.39 Å². The lowest BCUT2D eigenvalue weighted by Gasteiger charge is -2.21. The smallest absolute Gasteiger partial charge is 0.194 e. The summed E-state index contributed by atoms with van der Waals surface area (Å²) in [6, 6.07) is 10.5. The highest BCUT2D eigenvalue weighted by molar-refractivity contribution is 14.0. The predicted molar refractivity (Wildman–Crippen MR) is 111 cm³/mol. The summed E-state index contributed by atoms with van der Waals surface area (Å²) in [4.78, 5) is 10.3. The molecule has 0 amide bonds. The fraction of sp³-hybridized carbons (Fsp3) is 0.389. The van der Waals surface area contributed by atoms with Crippen LogP contribution in [0, 0.1) is 0 Å². The molecule has 0 saturated heterocycles. The minimum absolute atomic E-state index is 0. The van der Waals surface area contributed by atoms with Crippen LogP contribution in [-0.4, -0.2) is 36.0 Å². The van der Waals surface area contributed by atoms with Gasteiger partial charge in [-0.3, -0.25) is 0 Å². The molecule has 0 radical (unpaired) electrons. The Kier molecular flexibility index (Phi) is 8.76. The van der Waals surface area contributed by atoms with Crippen LogP contribution in [0.2, 0.25) is 0 Å². The van der Waals surface area contributed by atoms with Crippen LogP contribution in [0.5, 0.6) is 0 Å². The molecule has 2 N–H and O–H groups in total. The Morgan fingerprint density at radius 2 is 2.17 bits per heavy atom. The quantitative estimate of drug-likeness (QED) is 0.230. The monoisotopic (exact) mass is 426 g/mol. The zero-order valence-electron chi connectivity index (χ0n) is 14.0. The summed E-state index contributed by atoms with van der Waals surface area (Å²) in [5.41, 5.74) is 2.30. The number of aromatic nitrogens is 1. The van der Waals surface area contributed by atoms with Gasteiger partial charge in [0.15, 0.2) is 5.96 Å². The van der Waals surface area contributed by atoms with E-state index in [4.69, 9.17) is 4.99 Å². The van der Waals surface area contributed by atoms with Crippen LogP contribution in [-0.2, 0) is 6.54 Å². The molecule has 1 aromatic carbocycles. The average Bonchev–Trinajstić information content (AvgIpc) is 2.94. The topological polar surface area (TPSA) is 43.4 Å². The van der Waals surface area contributed by atoms with Crippen molar-refractivity contribution in [3.8, 4) is 0 Å². The normalized spacial score (nSPS) is 11.1. The lowest BCUT2D eigenvalue weighted by atomic mass is 10.2. The standard InChI is InChI=1S/C18H26N4.HI/c1-4-6-9-12-22(3)18(19-5-2)20-14-16-13-15-10-7-8-11-17(15)21-16;/h4,7-8,10-11,13,21H,1,5-6,9,12,14H2,2-3H3,(H,19,20);1H.